The van der Waals surface area contributed by atoms with Crippen molar-refractivity contribution in [3.63, 3.8) is 0 Å². The molecule has 76 valence electrons. The van der Waals surface area contributed by atoms with Crippen LogP contribution in [-0.2, 0) is 0 Å². The Bertz CT molecular complexity index is 321. The lowest BCUT2D eigenvalue weighted by Gasteiger charge is -2.11. The molecule has 0 amide bonds. The third kappa shape index (κ3) is 2.78. The second-order valence-corrected chi connectivity index (χ2v) is 3.28. The molecule has 0 saturated carbocycles. The summed E-state index contributed by atoms with van der Waals surface area (Å²) in [5.74, 6) is 0.772. The molecule has 0 aliphatic carbocycles. The quantitative estimate of drug-likeness (QED) is 0.721. The lowest BCUT2D eigenvalue weighted by Crippen LogP contribution is -2.07. The summed E-state index contributed by atoms with van der Waals surface area (Å²) in [6, 6.07) is 7.40. The van der Waals surface area contributed by atoms with Crippen molar-refractivity contribution in [3.8, 4) is 5.75 Å². The fourth-order valence-corrected chi connectivity index (χ4v) is 1.09. The number of hydrogen-bond donors (Lipinski definition) is 2. The van der Waals surface area contributed by atoms with E-state index < -0.39 is 0 Å². The SMILES string of the molecule is C=C(NO)c1cccc(OC(C)C)c1. The van der Waals surface area contributed by atoms with Gasteiger partial charge in [-0.05, 0) is 26.0 Å². The standard InChI is InChI=1S/C11H15NO2/c1-8(2)14-11-6-4-5-10(7-11)9(3)12-13/h4-8,12-13H,3H2,1-2H3. The van der Waals surface area contributed by atoms with Crippen LogP contribution in [0.25, 0.3) is 5.70 Å². The van der Waals surface area contributed by atoms with Crippen LogP contribution in [0.3, 0.4) is 0 Å². The van der Waals surface area contributed by atoms with Gasteiger partial charge in [0.05, 0.1) is 11.8 Å². The molecule has 3 heteroatoms. The fraction of sp³-hybridized carbons (Fsp3) is 0.273. The third-order valence-corrected chi connectivity index (χ3v) is 1.69. The van der Waals surface area contributed by atoms with Crippen molar-refractivity contribution in [2.45, 2.75) is 20.0 Å². The van der Waals surface area contributed by atoms with Gasteiger partial charge < -0.3 is 4.74 Å². The minimum atomic E-state index is 0.139. The first-order valence-electron chi connectivity index (χ1n) is 4.49. The lowest BCUT2D eigenvalue weighted by atomic mass is 10.2. The molecule has 0 aromatic heterocycles. The average molecular weight is 193 g/mol. The van der Waals surface area contributed by atoms with E-state index in [0.717, 1.165) is 11.3 Å². The molecular weight excluding hydrogens is 178 g/mol. The van der Waals surface area contributed by atoms with E-state index in [1.54, 1.807) is 0 Å². The van der Waals surface area contributed by atoms with Gasteiger partial charge >= 0.3 is 0 Å². The molecule has 3 nitrogen and oxygen atoms in total. The first kappa shape index (κ1) is 10.6. The van der Waals surface area contributed by atoms with Crippen molar-refractivity contribution in [2.24, 2.45) is 0 Å². The maximum absolute atomic E-state index is 8.67. The first-order valence-corrected chi connectivity index (χ1v) is 4.49. The molecule has 0 aliphatic heterocycles. The van der Waals surface area contributed by atoms with Crippen LogP contribution in [0.5, 0.6) is 5.75 Å². The van der Waals surface area contributed by atoms with Crippen LogP contribution in [0, 0.1) is 0 Å². The maximum Gasteiger partial charge on any atom is 0.120 e. The molecule has 0 bridgehead atoms. The monoisotopic (exact) mass is 193 g/mol. The highest BCUT2D eigenvalue weighted by Crippen LogP contribution is 2.18. The van der Waals surface area contributed by atoms with Crippen LogP contribution >= 0.6 is 0 Å². The highest BCUT2D eigenvalue weighted by molar-refractivity contribution is 5.61. The minimum Gasteiger partial charge on any atom is -0.491 e. The maximum atomic E-state index is 8.67. The van der Waals surface area contributed by atoms with Crippen LogP contribution in [0.1, 0.15) is 19.4 Å². The van der Waals surface area contributed by atoms with Gasteiger partial charge in [-0.25, -0.2) is 0 Å². The van der Waals surface area contributed by atoms with Gasteiger partial charge in [0.25, 0.3) is 0 Å². The van der Waals surface area contributed by atoms with Crippen molar-refractivity contribution >= 4 is 5.70 Å². The first-order chi connectivity index (χ1) is 6.63. The highest BCUT2D eigenvalue weighted by atomic mass is 16.5. The van der Waals surface area contributed by atoms with Gasteiger partial charge in [0.1, 0.15) is 5.75 Å². The third-order valence-electron chi connectivity index (χ3n) is 1.69. The van der Waals surface area contributed by atoms with Gasteiger partial charge in [0.2, 0.25) is 0 Å². The van der Waals surface area contributed by atoms with Gasteiger partial charge in [-0.15, -0.1) is 0 Å². The molecule has 1 aromatic rings. The number of rotatable bonds is 4. The van der Waals surface area contributed by atoms with Crippen LogP contribution in [0.2, 0.25) is 0 Å². The zero-order valence-electron chi connectivity index (χ0n) is 8.45. The number of benzene rings is 1. The van der Waals surface area contributed by atoms with Crippen LogP contribution < -0.4 is 10.2 Å². The van der Waals surface area contributed by atoms with Crippen LogP contribution in [0.15, 0.2) is 30.8 Å². The van der Waals surface area contributed by atoms with E-state index in [-0.39, 0.29) is 6.10 Å². The molecule has 1 rings (SSSR count). The van der Waals surface area contributed by atoms with Crippen molar-refractivity contribution in [2.75, 3.05) is 0 Å². The van der Waals surface area contributed by atoms with Gasteiger partial charge in [0, 0.05) is 5.56 Å². The average Bonchev–Trinajstić information content (AvgIpc) is 2.16. The Morgan fingerprint density at radius 1 is 1.50 bits per heavy atom. The molecule has 0 heterocycles. The van der Waals surface area contributed by atoms with Crippen molar-refractivity contribution in [3.05, 3.63) is 36.4 Å². The molecular formula is C11H15NO2. The predicted molar refractivity (Wildman–Crippen MR) is 56.2 cm³/mol. The van der Waals surface area contributed by atoms with E-state index in [1.807, 2.05) is 43.6 Å². The lowest BCUT2D eigenvalue weighted by molar-refractivity contribution is 0.224. The summed E-state index contributed by atoms with van der Waals surface area (Å²) in [5, 5.41) is 8.67. The second kappa shape index (κ2) is 4.67. The molecule has 0 fully saturated rings. The highest BCUT2D eigenvalue weighted by Gasteiger charge is 2.01. The van der Waals surface area contributed by atoms with E-state index in [1.165, 1.54) is 0 Å². The van der Waals surface area contributed by atoms with Crippen LogP contribution in [-0.4, -0.2) is 11.3 Å². The Morgan fingerprint density at radius 2 is 2.21 bits per heavy atom. The normalized spacial score (nSPS) is 10.0. The number of ether oxygens (including phenoxy) is 1. The zero-order valence-corrected chi connectivity index (χ0v) is 8.45. The molecule has 1 aromatic carbocycles. The summed E-state index contributed by atoms with van der Waals surface area (Å²) in [4.78, 5) is 0. The number of hydrogen-bond acceptors (Lipinski definition) is 3. The predicted octanol–water partition coefficient (Wildman–Crippen LogP) is 2.42. The summed E-state index contributed by atoms with van der Waals surface area (Å²) in [7, 11) is 0. The van der Waals surface area contributed by atoms with E-state index in [2.05, 4.69) is 6.58 Å². The Balaban J connectivity index is 2.84. The fourth-order valence-electron chi connectivity index (χ4n) is 1.09. The second-order valence-electron chi connectivity index (χ2n) is 3.28. The van der Waals surface area contributed by atoms with E-state index in [4.69, 9.17) is 9.94 Å². The Labute approximate surface area is 84.0 Å². The Hall–Kier alpha value is -1.48. The number of hydroxylamine groups is 1. The summed E-state index contributed by atoms with van der Waals surface area (Å²) >= 11 is 0. The van der Waals surface area contributed by atoms with Crippen molar-refractivity contribution in [1.82, 2.24) is 5.48 Å². The van der Waals surface area contributed by atoms with Gasteiger partial charge in [-0.3, -0.25) is 10.7 Å². The van der Waals surface area contributed by atoms with Crippen LogP contribution in [0.4, 0.5) is 0 Å². The van der Waals surface area contributed by atoms with Crippen molar-refractivity contribution in [1.29, 1.82) is 0 Å². The molecule has 0 unspecified atom stereocenters. The zero-order chi connectivity index (χ0) is 10.6. The number of nitrogens with one attached hydrogen (secondary N) is 1. The molecule has 0 saturated heterocycles. The largest absolute Gasteiger partial charge is 0.491 e. The van der Waals surface area contributed by atoms with E-state index >= 15 is 0 Å². The summed E-state index contributed by atoms with van der Waals surface area (Å²) in [6.45, 7) is 7.58. The smallest absolute Gasteiger partial charge is 0.120 e. The Kier molecular flexibility index (Phi) is 3.54. The molecule has 0 aliphatic rings. The Morgan fingerprint density at radius 3 is 2.79 bits per heavy atom. The summed E-state index contributed by atoms with van der Waals surface area (Å²) in [6.07, 6.45) is 0.139. The molecule has 14 heavy (non-hydrogen) atoms. The van der Waals surface area contributed by atoms with Crippen molar-refractivity contribution < 1.29 is 9.94 Å². The molecule has 0 atom stereocenters. The van der Waals surface area contributed by atoms with E-state index in [0.29, 0.717) is 5.70 Å². The van der Waals surface area contributed by atoms with E-state index in [9.17, 15) is 0 Å². The topological polar surface area (TPSA) is 41.5 Å². The summed E-state index contributed by atoms with van der Waals surface area (Å²) in [5.41, 5.74) is 3.28. The minimum absolute atomic E-state index is 0.139. The van der Waals surface area contributed by atoms with Gasteiger partial charge in [0.15, 0.2) is 0 Å². The van der Waals surface area contributed by atoms with Gasteiger partial charge in [-0.2, -0.15) is 0 Å². The molecule has 0 spiro atoms. The molecule has 0 radical (unpaired) electrons. The van der Waals surface area contributed by atoms with Gasteiger partial charge in [-0.1, -0.05) is 18.7 Å². The summed E-state index contributed by atoms with van der Waals surface area (Å²) < 4.78 is 5.50. The molecule has 2 N–H and O–H groups in total.